The lowest BCUT2D eigenvalue weighted by Crippen LogP contribution is -2.53. The van der Waals surface area contributed by atoms with Crippen molar-refractivity contribution in [1.82, 2.24) is 0 Å². The lowest BCUT2D eigenvalue weighted by molar-refractivity contribution is -0.0918. The van der Waals surface area contributed by atoms with Gasteiger partial charge >= 0.3 is 0 Å². The Bertz CT molecular complexity index is 902. The highest BCUT2D eigenvalue weighted by Crippen LogP contribution is 2.63. The van der Waals surface area contributed by atoms with Crippen LogP contribution in [0.4, 0.5) is 5.69 Å². The van der Waals surface area contributed by atoms with Crippen LogP contribution in [0.2, 0.25) is 0 Å². The van der Waals surface area contributed by atoms with Crippen molar-refractivity contribution >= 4 is 5.69 Å². The van der Waals surface area contributed by atoms with Crippen molar-refractivity contribution in [3.8, 4) is 11.5 Å². The monoisotopic (exact) mass is 455 g/mol. The molecule has 2 N–H and O–H groups in total. The number of aliphatic hydroxyl groups excluding tert-OH is 2. The van der Waals surface area contributed by atoms with E-state index in [0.29, 0.717) is 24.5 Å². The summed E-state index contributed by atoms with van der Waals surface area (Å²) in [5.41, 5.74) is 2.87. The summed E-state index contributed by atoms with van der Waals surface area (Å²) in [4.78, 5) is 2.39. The molecule has 3 saturated carbocycles. The minimum absolute atomic E-state index is 0.0552. The number of benzene rings is 1. The van der Waals surface area contributed by atoms with Gasteiger partial charge in [-0.25, -0.2) is 0 Å². The first kappa shape index (κ1) is 23.0. The van der Waals surface area contributed by atoms with Crippen LogP contribution in [-0.2, 0) is 0 Å². The van der Waals surface area contributed by atoms with Gasteiger partial charge in [0.05, 0.1) is 6.10 Å². The fourth-order valence-corrected chi connectivity index (χ4v) is 7.98. The first-order valence-electron chi connectivity index (χ1n) is 12.8. The second-order valence-corrected chi connectivity index (χ2v) is 11.7. The van der Waals surface area contributed by atoms with E-state index in [2.05, 4.69) is 44.5 Å². The van der Waals surface area contributed by atoms with Gasteiger partial charge in [0.15, 0.2) is 11.5 Å². The maximum Gasteiger partial charge on any atom is 0.231 e. The summed E-state index contributed by atoms with van der Waals surface area (Å²) < 4.78 is 11.2. The number of anilines is 1. The van der Waals surface area contributed by atoms with Gasteiger partial charge in [0.25, 0.3) is 0 Å². The van der Waals surface area contributed by atoms with Crippen molar-refractivity contribution in [2.24, 2.45) is 34.5 Å². The first-order valence-corrected chi connectivity index (χ1v) is 12.8. The molecule has 3 fully saturated rings. The predicted molar refractivity (Wildman–Crippen MR) is 131 cm³/mol. The molecule has 0 radical (unpaired) electrons. The Morgan fingerprint density at radius 3 is 2.67 bits per heavy atom. The van der Waals surface area contributed by atoms with E-state index in [0.717, 1.165) is 49.4 Å². The molecule has 5 nitrogen and oxygen atoms in total. The summed E-state index contributed by atoms with van der Waals surface area (Å²) in [6.45, 7) is 10.8. The molecule has 1 aliphatic heterocycles. The highest BCUT2D eigenvalue weighted by molar-refractivity contribution is 5.56. The molecule has 0 bridgehead atoms. The Morgan fingerprint density at radius 1 is 1.09 bits per heavy atom. The third kappa shape index (κ3) is 3.76. The molecule has 5 rings (SSSR count). The molecule has 0 spiro atoms. The maximum atomic E-state index is 10.4. The van der Waals surface area contributed by atoms with Gasteiger partial charge in [-0.3, -0.25) is 0 Å². The maximum absolute atomic E-state index is 10.4. The number of hydrogen-bond donors (Lipinski definition) is 2. The van der Waals surface area contributed by atoms with Gasteiger partial charge in [-0.15, -0.1) is 0 Å². The van der Waals surface area contributed by atoms with E-state index in [1.807, 2.05) is 6.07 Å². The van der Waals surface area contributed by atoms with Crippen molar-refractivity contribution < 1.29 is 19.7 Å². The Balaban J connectivity index is 1.46. The molecule has 1 aromatic rings. The number of hydrogen-bond acceptors (Lipinski definition) is 5. The van der Waals surface area contributed by atoms with Gasteiger partial charge in [0.2, 0.25) is 6.79 Å². The van der Waals surface area contributed by atoms with Crippen LogP contribution in [0.15, 0.2) is 30.4 Å². The van der Waals surface area contributed by atoms with Gasteiger partial charge in [0.1, 0.15) is 0 Å². The SMILES string of the molecule is C=C1CC[C@H]2[C@H](CN(C)c3ccc4c(c3)OCO4)[C@@H]([C@@]3(C)CC[C@H](O)C[C@@H]3CO)CC[C@]12C. The molecular weight excluding hydrogens is 414 g/mol. The Labute approximate surface area is 198 Å². The topological polar surface area (TPSA) is 62.2 Å². The van der Waals surface area contributed by atoms with E-state index in [9.17, 15) is 10.2 Å². The zero-order valence-corrected chi connectivity index (χ0v) is 20.6. The Kier molecular flexibility index (Phi) is 5.93. The summed E-state index contributed by atoms with van der Waals surface area (Å²) in [7, 11) is 2.20. The number of aliphatic hydroxyl groups is 2. The molecule has 33 heavy (non-hydrogen) atoms. The summed E-state index contributed by atoms with van der Waals surface area (Å²) >= 11 is 0. The number of rotatable bonds is 5. The first-order chi connectivity index (χ1) is 15.8. The number of nitrogens with zero attached hydrogens (tertiary/aromatic N) is 1. The van der Waals surface area contributed by atoms with Crippen LogP contribution in [0.3, 0.4) is 0 Å². The molecule has 1 aromatic carbocycles. The molecule has 7 atom stereocenters. The predicted octanol–water partition coefficient (Wildman–Crippen LogP) is 5.01. The highest BCUT2D eigenvalue weighted by atomic mass is 16.7. The van der Waals surface area contributed by atoms with Gasteiger partial charge in [-0.2, -0.15) is 0 Å². The van der Waals surface area contributed by atoms with Crippen LogP contribution < -0.4 is 14.4 Å². The summed E-state index contributed by atoms with van der Waals surface area (Å²) in [6.07, 6.45) is 7.02. The summed E-state index contributed by atoms with van der Waals surface area (Å²) in [6, 6.07) is 6.25. The second kappa shape index (κ2) is 8.49. The van der Waals surface area contributed by atoms with Gasteiger partial charge in [-0.1, -0.05) is 26.0 Å². The number of fused-ring (bicyclic) bond motifs is 2. The van der Waals surface area contributed by atoms with Crippen LogP contribution >= 0.6 is 0 Å². The second-order valence-electron chi connectivity index (χ2n) is 11.7. The summed E-state index contributed by atoms with van der Waals surface area (Å²) in [5.74, 6) is 3.48. The Hall–Kier alpha value is -1.72. The minimum Gasteiger partial charge on any atom is -0.454 e. The van der Waals surface area contributed by atoms with E-state index >= 15 is 0 Å². The normalized spacial score (nSPS) is 40.0. The zero-order valence-electron chi connectivity index (χ0n) is 20.6. The molecule has 0 saturated heterocycles. The van der Waals surface area contributed by atoms with E-state index in [1.54, 1.807) is 0 Å². The van der Waals surface area contributed by atoms with Crippen LogP contribution in [-0.4, -0.2) is 43.3 Å². The highest BCUT2D eigenvalue weighted by Gasteiger charge is 2.56. The van der Waals surface area contributed by atoms with Crippen LogP contribution in [0.5, 0.6) is 11.5 Å². The van der Waals surface area contributed by atoms with E-state index < -0.39 is 0 Å². The van der Waals surface area contributed by atoms with Crippen molar-refractivity contribution in [2.75, 3.05) is 31.9 Å². The molecule has 182 valence electrons. The number of allylic oxidation sites excluding steroid dienone is 1. The van der Waals surface area contributed by atoms with Crippen molar-refractivity contribution in [1.29, 1.82) is 0 Å². The lowest BCUT2D eigenvalue weighted by atomic mass is 9.49. The molecule has 0 unspecified atom stereocenters. The van der Waals surface area contributed by atoms with Crippen molar-refractivity contribution in [3.63, 3.8) is 0 Å². The molecule has 0 aromatic heterocycles. The smallest absolute Gasteiger partial charge is 0.231 e. The molecule has 3 aliphatic carbocycles. The molecule has 0 amide bonds. The molecule has 1 heterocycles. The van der Waals surface area contributed by atoms with E-state index in [4.69, 9.17) is 9.47 Å². The third-order valence-electron chi connectivity index (χ3n) is 10.2. The fraction of sp³-hybridized carbons (Fsp3) is 0.714. The lowest BCUT2D eigenvalue weighted by Gasteiger charge is -2.57. The van der Waals surface area contributed by atoms with Crippen molar-refractivity contribution in [3.05, 3.63) is 30.4 Å². The fourth-order valence-electron chi connectivity index (χ4n) is 7.98. The van der Waals surface area contributed by atoms with Crippen LogP contribution in [0, 0.1) is 34.5 Å². The number of ether oxygens (including phenoxy) is 2. The van der Waals surface area contributed by atoms with E-state index in [-0.39, 0.29) is 29.5 Å². The van der Waals surface area contributed by atoms with Crippen LogP contribution in [0.25, 0.3) is 0 Å². The largest absolute Gasteiger partial charge is 0.454 e. The van der Waals surface area contributed by atoms with Gasteiger partial charge in [-0.05, 0) is 91.6 Å². The minimum atomic E-state index is -0.273. The third-order valence-corrected chi connectivity index (χ3v) is 10.2. The van der Waals surface area contributed by atoms with Crippen molar-refractivity contribution in [2.45, 2.75) is 64.9 Å². The molecule has 5 heteroatoms. The molecular formula is C28H41NO4. The molecule has 4 aliphatic rings. The zero-order chi connectivity index (χ0) is 23.4. The van der Waals surface area contributed by atoms with Gasteiger partial charge < -0.3 is 24.6 Å². The van der Waals surface area contributed by atoms with Crippen LogP contribution in [0.1, 0.15) is 58.8 Å². The van der Waals surface area contributed by atoms with Gasteiger partial charge in [0, 0.05) is 32.0 Å². The average molecular weight is 456 g/mol. The Morgan fingerprint density at radius 2 is 1.88 bits per heavy atom. The quantitative estimate of drug-likeness (QED) is 0.611. The summed E-state index contributed by atoms with van der Waals surface area (Å²) in [5, 5.41) is 20.7. The van der Waals surface area contributed by atoms with E-state index in [1.165, 1.54) is 24.8 Å². The average Bonchev–Trinajstić information content (AvgIpc) is 3.39. The standard InChI is InChI=1S/C28H41NO4/c1-18-5-7-23-22(15-29(4)20-6-8-25-26(14-20)33-17-32-25)24(10-12-27(18,23)2)28(3)11-9-21(31)13-19(28)16-30/h6,8,14,19,21-24,30-31H,1,5,7,9-13,15-17H2,2-4H3/t19-,21+,22+,23+,24+,27-,28+/m1/s1.